The molecular weight excluding hydrogens is 456 g/mol. The average molecular weight is 483 g/mol. The number of hydrogen-bond donors (Lipinski definition) is 0. The van der Waals surface area contributed by atoms with Crippen molar-refractivity contribution in [2.24, 2.45) is 5.92 Å². The Morgan fingerprint density at radius 3 is 2.62 bits per heavy atom. The molecule has 0 amide bonds. The van der Waals surface area contributed by atoms with Gasteiger partial charge in [-0.1, -0.05) is 18.2 Å². The van der Waals surface area contributed by atoms with Gasteiger partial charge in [-0.15, -0.1) is 0 Å². The standard InChI is InChI=1S/C25H26N2O6S/c1-2-31-25(28)17-7-6-10-27(16-17)24-19-13-21-22(33-12-11-32-21)14-20(19)26-15-23(24)34(29,30)18-8-4-3-5-9-18/h3-5,8-9,13-15,17H,2,6-7,10-12,16H2,1H3/t17-/m1/s1. The lowest BCUT2D eigenvalue weighted by molar-refractivity contribution is -0.148. The first-order valence-electron chi connectivity index (χ1n) is 11.4. The number of nitrogens with zero attached hydrogens (tertiary/aromatic N) is 2. The Bertz CT molecular complexity index is 1330. The fraction of sp³-hybridized carbons (Fsp3) is 0.360. The smallest absolute Gasteiger partial charge is 0.310 e. The van der Waals surface area contributed by atoms with E-state index >= 15 is 0 Å². The number of esters is 1. The third-order valence-corrected chi connectivity index (χ3v) is 7.94. The Morgan fingerprint density at radius 2 is 1.88 bits per heavy atom. The van der Waals surface area contributed by atoms with Crippen molar-refractivity contribution in [3.8, 4) is 11.5 Å². The molecule has 2 aliphatic heterocycles. The minimum Gasteiger partial charge on any atom is -0.486 e. The Morgan fingerprint density at radius 1 is 1.15 bits per heavy atom. The van der Waals surface area contributed by atoms with Gasteiger partial charge in [-0.3, -0.25) is 9.78 Å². The molecule has 3 aromatic rings. The third-order valence-electron chi connectivity index (χ3n) is 6.17. The number of aromatic nitrogens is 1. The zero-order valence-corrected chi connectivity index (χ0v) is 19.7. The first-order valence-corrected chi connectivity index (χ1v) is 12.9. The Labute approximate surface area is 198 Å². The molecule has 178 valence electrons. The molecule has 1 saturated heterocycles. The molecule has 2 aromatic carbocycles. The van der Waals surface area contributed by atoms with Gasteiger partial charge >= 0.3 is 5.97 Å². The van der Waals surface area contributed by atoms with Crippen molar-refractivity contribution in [3.63, 3.8) is 0 Å². The molecule has 3 heterocycles. The number of pyridine rings is 1. The molecule has 0 aliphatic carbocycles. The summed E-state index contributed by atoms with van der Waals surface area (Å²) in [6.45, 7) is 3.93. The van der Waals surface area contributed by atoms with Gasteiger partial charge < -0.3 is 19.1 Å². The first kappa shape index (κ1) is 22.5. The van der Waals surface area contributed by atoms with Crippen LogP contribution < -0.4 is 14.4 Å². The Balaban J connectivity index is 1.69. The summed E-state index contributed by atoms with van der Waals surface area (Å²) >= 11 is 0. The lowest BCUT2D eigenvalue weighted by atomic mass is 9.97. The number of sulfone groups is 1. The highest BCUT2D eigenvalue weighted by Gasteiger charge is 2.33. The molecule has 0 N–H and O–H groups in total. The molecule has 0 radical (unpaired) electrons. The highest BCUT2D eigenvalue weighted by molar-refractivity contribution is 7.91. The molecule has 34 heavy (non-hydrogen) atoms. The minimum absolute atomic E-state index is 0.104. The molecule has 5 rings (SSSR count). The van der Waals surface area contributed by atoms with Crippen LogP contribution in [0.25, 0.3) is 10.9 Å². The van der Waals surface area contributed by atoms with E-state index < -0.39 is 9.84 Å². The Kier molecular flexibility index (Phi) is 6.03. The predicted molar refractivity (Wildman–Crippen MR) is 126 cm³/mol. The first-order chi connectivity index (χ1) is 16.5. The van der Waals surface area contributed by atoms with Crippen LogP contribution in [0.2, 0.25) is 0 Å². The van der Waals surface area contributed by atoms with Crippen molar-refractivity contribution < 1.29 is 27.4 Å². The number of rotatable bonds is 5. The van der Waals surface area contributed by atoms with Gasteiger partial charge in [0.05, 0.1) is 28.6 Å². The van der Waals surface area contributed by atoms with Crippen molar-refractivity contribution >= 4 is 32.4 Å². The average Bonchev–Trinajstić information content (AvgIpc) is 2.87. The number of benzene rings is 2. The zero-order valence-electron chi connectivity index (χ0n) is 18.9. The normalized spacial score (nSPS) is 18.0. The molecule has 1 aromatic heterocycles. The summed E-state index contributed by atoms with van der Waals surface area (Å²) in [7, 11) is -3.87. The summed E-state index contributed by atoms with van der Waals surface area (Å²) < 4.78 is 44.2. The van der Waals surface area contributed by atoms with E-state index in [1.54, 1.807) is 49.4 Å². The summed E-state index contributed by atoms with van der Waals surface area (Å²) in [5.74, 6) is 0.544. The SMILES string of the molecule is CCOC(=O)[C@@H]1CCCN(c2c(S(=O)(=O)c3ccccc3)cnc3cc4c(cc23)OCCO4)C1. The van der Waals surface area contributed by atoms with E-state index in [0.29, 0.717) is 67.4 Å². The van der Waals surface area contributed by atoms with E-state index in [-0.39, 0.29) is 21.7 Å². The lowest BCUT2D eigenvalue weighted by Gasteiger charge is -2.35. The predicted octanol–water partition coefficient (Wildman–Crippen LogP) is 3.62. The van der Waals surface area contributed by atoms with E-state index in [1.165, 1.54) is 6.20 Å². The number of ether oxygens (including phenoxy) is 3. The van der Waals surface area contributed by atoms with E-state index in [0.717, 1.165) is 6.42 Å². The summed E-state index contributed by atoms with van der Waals surface area (Å²) in [6.07, 6.45) is 2.85. The summed E-state index contributed by atoms with van der Waals surface area (Å²) in [5.41, 5.74) is 1.13. The summed E-state index contributed by atoms with van der Waals surface area (Å²) in [6, 6.07) is 11.9. The summed E-state index contributed by atoms with van der Waals surface area (Å²) in [5, 5.41) is 0.644. The minimum atomic E-state index is -3.87. The van der Waals surface area contributed by atoms with Gasteiger partial charge in [-0.2, -0.15) is 0 Å². The van der Waals surface area contributed by atoms with Gasteiger partial charge in [0, 0.05) is 30.7 Å². The molecule has 1 fully saturated rings. The van der Waals surface area contributed by atoms with E-state index in [4.69, 9.17) is 14.2 Å². The maximum Gasteiger partial charge on any atom is 0.310 e. The van der Waals surface area contributed by atoms with Crippen LogP contribution in [-0.4, -0.2) is 52.3 Å². The van der Waals surface area contributed by atoms with Crippen molar-refractivity contribution in [1.29, 1.82) is 0 Å². The third kappa shape index (κ3) is 4.04. The topological polar surface area (TPSA) is 95.0 Å². The number of hydrogen-bond acceptors (Lipinski definition) is 8. The van der Waals surface area contributed by atoms with E-state index in [9.17, 15) is 13.2 Å². The van der Waals surface area contributed by atoms with Crippen LogP contribution >= 0.6 is 0 Å². The molecular formula is C25H26N2O6S. The van der Waals surface area contributed by atoms with Gasteiger partial charge in [0.25, 0.3) is 0 Å². The quantitative estimate of drug-likeness (QED) is 0.509. The van der Waals surface area contributed by atoms with Gasteiger partial charge in [0.15, 0.2) is 11.5 Å². The maximum atomic E-state index is 13.7. The number of fused-ring (bicyclic) bond motifs is 2. The zero-order chi connectivity index (χ0) is 23.7. The molecule has 0 saturated carbocycles. The second-order valence-corrected chi connectivity index (χ2v) is 10.3. The van der Waals surface area contributed by atoms with Gasteiger partial charge in [-0.05, 0) is 38.0 Å². The molecule has 9 heteroatoms. The van der Waals surface area contributed by atoms with E-state index in [2.05, 4.69) is 4.98 Å². The Hall–Kier alpha value is -3.33. The van der Waals surface area contributed by atoms with Crippen LogP contribution in [0.15, 0.2) is 58.5 Å². The fourth-order valence-corrected chi connectivity index (χ4v) is 6.03. The second kappa shape index (κ2) is 9.13. The van der Waals surface area contributed by atoms with Crippen LogP contribution in [0.4, 0.5) is 5.69 Å². The van der Waals surface area contributed by atoms with Crippen LogP contribution in [-0.2, 0) is 19.4 Å². The van der Waals surface area contributed by atoms with Gasteiger partial charge in [0.1, 0.15) is 18.1 Å². The van der Waals surface area contributed by atoms with Crippen molar-refractivity contribution in [1.82, 2.24) is 4.98 Å². The molecule has 2 aliphatic rings. The molecule has 1 atom stereocenters. The van der Waals surface area contributed by atoms with Crippen molar-refractivity contribution in [2.45, 2.75) is 29.6 Å². The number of carbonyl (C=O) groups is 1. The van der Waals surface area contributed by atoms with Crippen molar-refractivity contribution in [3.05, 3.63) is 48.7 Å². The molecule has 0 spiro atoms. The van der Waals surface area contributed by atoms with Gasteiger partial charge in [0.2, 0.25) is 9.84 Å². The van der Waals surface area contributed by atoms with Crippen molar-refractivity contribution in [2.75, 3.05) is 37.8 Å². The van der Waals surface area contributed by atoms with Crippen LogP contribution in [0, 0.1) is 5.92 Å². The number of anilines is 1. The van der Waals surface area contributed by atoms with Gasteiger partial charge in [-0.25, -0.2) is 8.42 Å². The van der Waals surface area contributed by atoms with Crippen LogP contribution in [0.5, 0.6) is 11.5 Å². The molecule has 8 nitrogen and oxygen atoms in total. The summed E-state index contributed by atoms with van der Waals surface area (Å²) in [4.78, 5) is 19.3. The monoisotopic (exact) mass is 482 g/mol. The molecule has 0 bridgehead atoms. The number of carbonyl (C=O) groups excluding carboxylic acids is 1. The maximum absolute atomic E-state index is 13.7. The van der Waals surface area contributed by atoms with Crippen LogP contribution in [0.3, 0.4) is 0 Å². The second-order valence-electron chi connectivity index (χ2n) is 8.34. The highest BCUT2D eigenvalue weighted by atomic mass is 32.2. The van der Waals surface area contributed by atoms with Crippen LogP contribution in [0.1, 0.15) is 19.8 Å². The van der Waals surface area contributed by atoms with E-state index in [1.807, 2.05) is 4.90 Å². The molecule has 0 unspecified atom stereocenters. The number of piperidine rings is 1. The fourth-order valence-electron chi connectivity index (χ4n) is 4.58. The largest absolute Gasteiger partial charge is 0.486 e. The lowest BCUT2D eigenvalue weighted by Crippen LogP contribution is -2.40. The highest BCUT2D eigenvalue weighted by Crippen LogP contribution is 2.42.